The summed E-state index contributed by atoms with van der Waals surface area (Å²) < 4.78 is 5.73. The van der Waals surface area contributed by atoms with Crippen molar-refractivity contribution < 1.29 is 14.6 Å². The smallest absolute Gasteiger partial charge is 0.271 e. The van der Waals surface area contributed by atoms with Crippen LogP contribution in [0.2, 0.25) is 0 Å². The Morgan fingerprint density at radius 3 is 2.44 bits per heavy atom. The zero-order valence-electron chi connectivity index (χ0n) is 17.8. The third kappa shape index (κ3) is 4.31. The van der Waals surface area contributed by atoms with Gasteiger partial charge in [0.15, 0.2) is 16.7 Å². The molecule has 0 saturated carbocycles. The van der Waals surface area contributed by atoms with E-state index in [9.17, 15) is 9.90 Å². The second-order valence-corrected chi connectivity index (χ2v) is 9.14. The van der Waals surface area contributed by atoms with Gasteiger partial charge in [0.2, 0.25) is 0 Å². The number of anilines is 1. The lowest BCUT2D eigenvalue weighted by molar-refractivity contribution is -0.113. The molecule has 0 spiro atoms. The zero-order valence-corrected chi connectivity index (χ0v) is 20.2. The van der Waals surface area contributed by atoms with Crippen molar-refractivity contribution in [3.05, 3.63) is 86.7 Å². The van der Waals surface area contributed by atoms with Gasteiger partial charge >= 0.3 is 0 Å². The number of phenols is 1. The summed E-state index contributed by atoms with van der Waals surface area (Å²) in [5.74, 6) is 0.189. The average molecular weight is 509 g/mol. The summed E-state index contributed by atoms with van der Waals surface area (Å²) >= 11 is 4.66. The third-order valence-corrected chi connectivity index (χ3v) is 6.64. The average Bonchev–Trinajstić information content (AvgIpc) is 3.07. The number of aryl methyl sites for hydroxylation is 2. The maximum atomic E-state index is 13.5. The number of thioether (sulfide) groups is 1. The van der Waals surface area contributed by atoms with Crippen molar-refractivity contribution in [3.63, 3.8) is 0 Å². The summed E-state index contributed by atoms with van der Waals surface area (Å²) in [7, 11) is 1.49. The van der Waals surface area contributed by atoms with E-state index in [0.717, 1.165) is 28.1 Å². The number of methoxy groups -OCH3 is 1. The Labute approximate surface area is 199 Å². The minimum Gasteiger partial charge on any atom is -0.503 e. The first kappa shape index (κ1) is 22.2. The fourth-order valence-corrected chi connectivity index (χ4v) is 4.80. The summed E-state index contributed by atoms with van der Waals surface area (Å²) in [6, 6.07) is 19.0. The maximum Gasteiger partial charge on any atom is 0.271 e. The summed E-state index contributed by atoms with van der Waals surface area (Å²) in [4.78, 5) is 20.5. The molecule has 0 aliphatic carbocycles. The monoisotopic (exact) mass is 508 g/mol. The number of phenolic OH excluding ortho intramolecular Hbond substituents is 1. The minimum atomic E-state index is -0.153. The Hall–Kier alpha value is -3.03. The van der Waals surface area contributed by atoms with Crippen molar-refractivity contribution in [3.8, 4) is 11.5 Å². The van der Waals surface area contributed by atoms with Crippen LogP contribution in [0.25, 0.3) is 6.08 Å². The van der Waals surface area contributed by atoms with Gasteiger partial charge in [0.1, 0.15) is 0 Å². The van der Waals surface area contributed by atoms with Gasteiger partial charge in [-0.15, -0.1) is 0 Å². The van der Waals surface area contributed by atoms with Gasteiger partial charge in [0.25, 0.3) is 5.91 Å². The first-order chi connectivity index (χ1) is 15.4. The van der Waals surface area contributed by atoms with Gasteiger partial charge in [0, 0.05) is 0 Å². The van der Waals surface area contributed by atoms with E-state index in [1.807, 2.05) is 62.4 Å². The van der Waals surface area contributed by atoms with E-state index in [2.05, 4.69) is 15.9 Å². The molecule has 0 bridgehead atoms. The predicted molar refractivity (Wildman–Crippen MR) is 135 cm³/mol. The third-order valence-electron chi connectivity index (χ3n) is 5.06. The molecule has 1 amide bonds. The van der Waals surface area contributed by atoms with Crippen molar-refractivity contribution in [1.82, 2.24) is 0 Å². The molecule has 1 fully saturated rings. The molecule has 0 unspecified atom stereocenters. The lowest BCUT2D eigenvalue weighted by Crippen LogP contribution is -2.29. The molecule has 32 heavy (non-hydrogen) atoms. The zero-order chi connectivity index (χ0) is 22.8. The van der Waals surface area contributed by atoms with E-state index in [-0.39, 0.29) is 11.7 Å². The number of aromatic hydroxyl groups is 1. The molecule has 1 aliphatic heterocycles. The predicted octanol–water partition coefficient (Wildman–Crippen LogP) is 6.59. The van der Waals surface area contributed by atoms with Gasteiger partial charge in [-0.2, -0.15) is 0 Å². The van der Waals surface area contributed by atoms with Crippen LogP contribution < -0.4 is 9.64 Å². The van der Waals surface area contributed by atoms with Crippen LogP contribution in [0.1, 0.15) is 16.7 Å². The number of benzene rings is 3. The van der Waals surface area contributed by atoms with Crippen LogP contribution in [-0.2, 0) is 4.79 Å². The lowest BCUT2D eigenvalue weighted by Gasteiger charge is -2.18. The summed E-state index contributed by atoms with van der Waals surface area (Å²) in [5.41, 5.74) is 4.35. The molecule has 7 heteroatoms. The van der Waals surface area contributed by atoms with Crippen molar-refractivity contribution in [1.29, 1.82) is 0 Å². The lowest BCUT2D eigenvalue weighted by atomic mass is 10.1. The van der Waals surface area contributed by atoms with E-state index in [0.29, 0.717) is 20.3 Å². The minimum absolute atomic E-state index is 0.0170. The molecule has 0 atom stereocenters. The summed E-state index contributed by atoms with van der Waals surface area (Å²) in [5, 5.41) is 10.7. The number of nitrogens with zero attached hydrogens (tertiary/aromatic N) is 2. The second kappa shape index (κ2) is 9.22. The molecular formula is C25H21BrN2O3S. The van der Waals surface area contributed by atoms with Gasteiger partial charge in [-0.05, 0) is 88.6 Å². The first-order valence-electron chi connectivity index (χ1n) is 9.89. The quantitative estimate of drug-likeness (QED) is 0.403. The first-order valence-corrected chi connectivity index (χ1v) is 11.5. The SMILES string of the molecule is COc1cc(/C=C2\SC(=Nc3ccccc3C)N(c3ccccc3C)C2=O)cc(Br)c1O. The summed E-state index contributed by atoms with van der Waals surface area (Å²) in [6.07, 6.45) is 1.78. The number of carbonyl (C=O) groups excluding carboxylic acids is 1. The highest BCUT2D eigenvalue weighted by Gasteiger charge is 2.35. The molecule has 162 valence electrons. The van der Waals surface area contributed by atoms with E-state index in [1.54, 1.807) is 23.1 Å². The van der Waals surface area contributed by atoms with Gasteiger partial charge in [0.05, 0.1) is 27.9 Å². The molecule has 4 rings (SSSR count). The fourth-order valence-electron chi connectivity index (χ4n) is 3.35. The van der Waals surface area contributed by atoms with Crippen LogP contribution in [0.4, 0.5) is 11.4 Å². The Morgan fingerprint density at radius 1 is 1.06 bits per heavy atom. The second-order valence-electron chi connectivity index (χ2n) is 7.27. The van der Waals surface area contributed by atoms with Gasteiger partial charge in [-0.25, -0.2) is 4.99 Å². The highest BCUT2D eigenvalue weighted by molar-refractivity contribution is 9.10. The van der Waals surface area contributed by atoms with Crippen molar-refractivity contribution in [2.75, 3.05) is 12.0 Å². The van der Waals surface area contributed by atoms with Gasteiger partial charge in [-0.3, -0.25) is 9.69 Å². The Kier molecular flexibility index (Phi) is 6.39. The number of amides is 1. The molecule has 3 aromatic carbocycles. The molecule has 1 aliphatic rings. The number of para-hydroxylation sites is 2. The number of halogens is 1. The van der Waals surface area contributed by atoms with E-state index in [4.69, 9.17) is 9.73 Å². The topological polar surface area (TPSA) is 62.1 Å². The number of ether oxygens (including phenoxy) is 1. The molecule has 5 nitrogen and oxygen atoms in total. The molecule has 1 heterocycles. The van der Waals surface area contributed by atoms with Crippen LogP contribution >= 0.6 is 27.7 Å². The van der Waals surface area contributed by atoms with Crippen molar-refractivity contribution in [2.24, 2.45) is 4.99 Å². The maximum absolute atomic E-state index is 13.5. The molecule has 1 N–H and O–H groups in total. The van der Waals surface area contributed by atoms with Crippen LogP contribution in [0, 0.1) is 13.8 Å². The molecule has 3 aromatic rings. The van der Waals surface area contributed by atoms with Gasteiger partial charge in [-0.1, -0.05) is 36.4 Å². The number of hydrogen-bond donors (Lipinski definition) is 1. The van der Waals surface area contributed by atoms with Crippen LogP contribution in [0.5, 0.6) is 11.5 Å². The Morgan fingerprint density at radius 2 is 1.75 bits per heavy atom. The van der Waals surface area contributed by atoms with Crippen LogP contribution in [0.15, 0.2) is 75.0 Å². The van der Waals surface area contributed by atoms with E-state index >= 15 is 0 Å². The number of carbonyl (C=O) groups is 1. The number of rotatable bonds is 4. The number of amidine groups is 1. The normalized spacial score (nSPS) is 16.2. The standard InChI is InChI=1S/C25H21BrN2O3S/c1-15-8-4-6-10-19(15)27-25-28(20-11-7-5-9-16(20)2)24(30)22(32-25)14-17-12-18(26)23(29)21(13-17)31-3/h4-14,29H,1-3H3/b22-14-,27-25?. The van der Waals surface area contributed by atoms with E-state index in [1.165, 1.54) is 18.9 Å². The van der Waals surface area contributed by atoms with Crippen molar-refractivity contribution in [2.45, 2.75) is 13.8 Å². The molecular weight excluding hydrogens is 488 g/mol. The Bertz CT molecular complexity index is 1270. The molecule has 0 radical (unpaired) electrons. The number of hydrogen-bond acceptors (Lipinski definition) is 5. The van der Waals surface area contributed by atoms with E-state index < -0.39 is 0 Å². The van der Waals surface area contributed by atoms with Gasteiger partial charge < -0.3 is 9.84 Å². The largest absolute Gasteiger partial charge is 0.503 e. The molecule has 1 saturated heterocycles. The van der Waals surface area contributed by atoms with Crippen molar-refractivity contribution >= 4 is 56.2 Å². The summed E-state index contributed by atoms with van der Waals surface area (Å²) in [6.45, 7) is 3.97. The molecule has 0 aromatic heterocycles. The Balaban J connectivity index is 1.83. The van der Waals surface area contributed by atoms with Crippen LogP contribution in [-0.4, -0.2) is 23.3 Å². The van der Waals surface area contributed by atoms with Crippen LogP contribution in [0.3, 0.4) is 0 Å². The highest BCUT2D eigenvalue weighted by Crippen LogP contribution is 2.41. The number of aliphatic imine (C=N–C) groups is 1. The fraction of sp³-hybridized carbons (Fsp3) is 0.120. The highest BCUT2D eigenvalue weighted by atomic mass is 79.9.